The van der Waals surface area contributed by atoms with Crippen LogP contribution in [0.4, 0.5) is 0 Å². The number of carbonyl (C=O) groups is 1. The van der Waals surface area contributed by atoms with Crippen LogP contribution in [-0.2, 0) is 11.2 Å². The molecule has 1 aromatic rings. The summed E-state index contributed by atoms with van der Waals surface area (Å²) in [6, 6.07) is 7.51. The first-order valence-corrected chi connectivity index (χ1v) is 9.07. The molecule has 0 aromatic heterocycles. The molecule has 1 fully saturated rings. The second-order valence-electron chi connectivity index (χ2n) is 5.91. The summed E-state index contributed by atoms with van der Waals surface area (Å²) in [6.07, 6.45) is 1.44. The van der Waals surface area contributed by atoms with E-state index in [4.69, 9.17) is 11.6 Å². The topological polar surface area (TPSA) is 47.9 Å². The Labute approximate surface area is 172 Å². The van der Waals surface area contributed by atoms with Crippen molar-refractivity contribution in [3.63, 3.8) is 0 Å². The van der Waals surface area contributed by atoms with Crippen molar-refractivity contribution in [2.24, 2.45) is 4.99 Å². The molecule has 1 N–H and O–H groups in total. The lowest BCUT2D eigenvalue weighted by Gasteiger charge is -2.36. The molecule has 1 aromatic carbocycles. The molecule has 2 rings (SSSR count). The average molecular weight is 479 g/mol. The number of hydrogen-bond donors (Lipinski definition) is 1. The van der Waals surface area contributed by atoms with Gasteiger partial charge in [-0.25, -0.2) is 0 Å². The van der Waals surface area contributed by atoms with E-state index in [0.29, 0.717) is 11.4 Å². The van der Waals surface area contributed by atoms with Crippen molar-refractivity contribution in [1.29, 1.82) is 0 Å². The van der Waals surface area contributed by atoms with Crippen molar-refractivity contribution in [2.75, 3.05) is 39.3 Å². The zero-order chi connectivity index (χ0) is 17.4. The van der Waals surface area contributed by atoms with Gasteiger partial charge in [-0.2, -0.15) is 0 Å². The summed E-state index contributed by atoms with van der Waals surface area (Å²) in [7, 11) is 0. The molecule has 0 spiro atoms. The molecule has 0 aliphatic carbocycles. The number of piperazine rings is 1. The highest BCUT2D eigenvalue weighted by molar-refractivity contribution is 14.0. The summed E-state index contributed by atoms with van der Waals surface area (Å²) in [6.45, 7) is 8.98. The maximum Gasteiger partial charge on any atom is 0.227 e. The molecule has 25 heavy (non-hydrogen) atoms. The fraction of sp³-hybridized carbons (Fsp3) is 0.556. The Bertz CT molecular complexity index is 574. The van der Waals surface area contributed by atoms with Crippen LogP contribution in [0.2, 0.25) is 5.02 Å². The molecule has 1 aliphatic heterocycles. The van der Waals surface area contributed by atoms with Gasteiger partial charge in [0.25, 0.3) is 0 Å². The monoisotopic (exact) mass is 478 g/mol. The van der Waals surface area contributed by atoms with Crippen molar-refractivity contribution in [2.45, 2.75) is 26.7 Å². The van der Waals surface area contributed by atoms with Crippen LogP contribution in [0.25, 0.3) is 0 Å². The van der Waals surface area contributed by atoms with Crippen LogP contribution in [0.5, 0.6) is 0 Å². The molecule has 0 radical (unpaired) electrons. The lowest BCUT2D eigenvalue weighted by atomic mass is 10.1. The molecule has 7 heteroatoms. The van der Waals surface area contributed by atoms with Gasteiger partial charge in [0, 0.05) is 44.3 Å². The van der Waals surface area contributed by atoms with Gasteiger partial charge in [-0.1, -0.05) is 30.7 Å². The van der Waals surface area contributed by atoms with Gasteiger partial charge < -0.3 is 15.1 Å². The third-order valence-electron chi connectivity index (χ3n) is 4.00. The van der Waals surface area contributed by atoms with Gasteiger partial charge in [-0.3, -0.25) is 9.79 Å². The van der Waals surface area contributed by atoms with Crippen LogP contribution in [0, 0.1) is 0 Å². The van der Waals surface area contributed by atoms with Crippen molar-refractivity contribution in [1.82, 2.24) is 15.1 Å². The predicted octanol–water partition coefficient (Wildman–Crippen LogP) is 3.02. The molecular formula is C18H28ClIN4O. The van der Waals surface area contributed by atoms with E-state index in [1.807, 2.05) is 29.2 Å². The number of hydrogen-bond acceptors (Lipinski definition) is 2. The Hall–Kier alpha value is -1.02. The number of nitrogens with one attached hydrogen (secondary N) is 1. The number of nitrogens with zero attached hydrogens (tertiary/aromatic N) is 3. The van der Waals surface area contributed by atoms with Gasteiger partial charge in [0.05, 0.1) is 6.42 Å². The summed E-state index contributed by atoms with van der Waals surface area (Å²) in [5.74, 6) is 1.12. The van der Waals surface area contributed by atoms with E-state index < -0.39 is 0 Å². The molecular weight excluding hydrogens is 451 g/mol. The highest BCUT2D eigenvalue weighted by Gasteiger charge is 2.22. The summed E-state index contributed by atoms with van der Waals surface area (Å²) >= 11 is 5.99. The molecule has 140 valence electrons. The Morgan fingerprint density at radius 2 is 1.88 bits per heavy atom. The second kappa shape index (κ2) is 11.6. The third kappa shape index (κ3) is 7.01. The fourth-order valence-corrected chi connectivity index (χ4v) is 2.96. The summed E-state index contributed by atoms with van der Waals surface area (Å²) in [4.78, 5) is 21.3. The van der Waals surface area contributed by atoms with Crippen LogP contribution < -0.4 is 5.32 Å². The van der Waals surface area contributed by atoms with Gasteiger partial charge >= 0.3 is 0 Å². The van der Waals surface area contributed by atoms with Gasteiger partial charge in [0.1, 0.15) is 0 Å². The number of aliphatic imine (C=N–C) groups is 1. The largest absolute Gasteiger partial charge is 0.357 e. The standard InChI is InChI=1S/C18H27ClN4O.HI/c1-3-8-21-18(20-4-2)23-11-9-22(10-12-23)17(24)14-15-6-5-7-16(19)13-15;/h5-7,13H,3-4,8-12,14H2,1-2H3,(H,20,21);1H. The van der Waals surface area contributed by atoms with Crippen molar-refractivity contribution in [3.8, 4) is 0 Å². The van der Waals surface area contributed by atoms with Crippen LogP contribution in [0.1, 0.15) is 25.8 Å². The fourth-order valence-electron chi connectivity index (χ4n) is 2.74. The van der Waals surface area contributed by atoms with E-state index in [1.165, 1.54) is 0 Å². The van der Waals surface area contributed by atoms with E-state index in [1.54, 1.807) is 0 Å². The maximum absolute atomic E-state index is 12.5. The molecule has 0 atom stereocenters. The molecule has 0 saturated carbocycles. The first-order chi connectivity index (χ1) is 11.6. The smallest absolute Gasteiger partial charge is 0.227 e. The van der Waals surface area contributed by atoms with E-state index in [0.717, 1.165) is 57.2 Å². The van der Waals surface area contributed by atoms with Crippen molar-refractivity contribution < 1.29 is 4.79 Å². The van der Waals surface area contributed by atoms with Crippen molar-refractivity contribution >= 4 is 47.4 Å². The van der Waals surface area contributed by atoms with Crippen LogP contribution in [0.3, 0.4) is 0 Å². The number of guanidine groups is 1. The van der Waals surface area contributed by atoms with Crippen LogP contribution >= 0.6 is 35.6 Å². The third-order valence-corrected chi connectivity index (χ3v) is 4.23. The molecule has 0 unspecified atom stereocenters. The second-order valence-corrected chi connectivity index (χ2v) is 6.35. The number of carbonyl (C=O) groups excluding carboxylic acids is 1. The van der Waals surface area contributed by atoms with Gasteiger partial charge in [-0.15, -0.1) is 24.0 Å². The highest BCUT2D eigenvalue weighted by Crippen LogP contribution is 2.13. The SMILES string of the molecule is CCCN=C(NCC)N1CCN(C(=O)Cc2cccc(Cl)c2)CC1.I. The van der Waals surface area contributed by atoms with Crippen molar-refractivity contribution in [3.05, 3.63) is 34.9 Å². The van der Waals surface area contributed by atoms with E-state index in [-0.39, 0.29) is 29.9 Å². The normalized spacial score (nSPS) is 14.9. The molecule has 5 nitrogen and oxygen atoms in total. The maximum atomic E-state index is 12.5. The van der Waals surface area contributed by atoms with E-state index in [2.05, 4.69) is 29.1 Å². The predicted molar refractivity (Wildman–Crippen MR) is 115 cm³/mol. The minimum absolute atomic E-state index is 0. The summed E-state index contributed by atoms with van der Waals surface area (Å²) in [5, 5.41) is 4.01. The molecule has 1 amide bonds. The lowest BCUT2D eigenvalue weighted by molar-refractivity contribution is -0.131. The summed E-state index contributed by atoms with van der Waals surface area (Å²) < 4.78 is 0. The number of benzene rings is 1. The van der Waals surface area contributed by atoms with E-state index in [9.17, 15) is 4.79 Å². The molecule has 1 heterocycles. The highest BCUT2D eigenvalue weighted by atomic mass is 127. The van der Waals surface area contributed by atoms with Crippen LogP contribution in [-0.4, -0.2) is 60.9 Å². The minimum Gasteiger partial charge on any atom is -0.357 e. The molecule has 1 saturated heterocycles. The molecule has 0 bridgehead atoms. The number of halogens is 2. The molecule has 1 aliphatic rings. The van der Waals surface area contributed by atoms with Gasteiger partial charge in [0.2, 0.25) is 5.91 Å². The minimum atomic E-state index is 0. The first kappa shape index (κ1) is 22.0. The summed E-state index contributed by atoms with van der Waals surface area (Å²) in [5.41, 5.74) is 0.966. The lowest BCUT2D eigenvalue weighted by Crippen LogP contribution is -2.54. The Morgan fingerprint density at radius 3 is 2.48 bits per heavy atom. The zero-order valence-electron chi connectivity index (χ0n) is 15.0. The average Bonchev–Trinajstić information content (AvgIpc) is 2.59. The van der Waals surface area contributed by atoms with Gasteiger partial charge in [-0.05, 0) is 31.0 Å². The number of amides is 1. The first-order valence-electron chi connectivity index (χ1n) is 8.69. The van der Waals surface area contributed by atoms with Crippen LogP contribution in [0.15, 0.2) is 29.3 Å². The number of rotatable bonds is 5. The Balaban J connectivity index is 0.00000312. The quantitative estimate of drug-likeness (QED) is 0.402. The Kier molecular flexibility index (Phi) is 10.2. The van der Waals surface area contributed by atoms with E-state index >= 15 is 0 Å². The Morgan fingerprint density at radius 1 is 1.20 bits per heavy atom. The zero-order valence-corrected chi connectivity index (χ0v) is 18.1. The van der Waals surface area contributed by atoms with Gasteiger partial charge in [0.15, 0.2) is 5.96 Å².